The Morgan fingerprint density at radius 1 is 1.62 bits per heavy atom. The lowest BCUT2D eigenvalue weighted by Gasteiger charge is -2.30. The van der Waals surface area contributed by atoms with E-state index in [9.17, 15) is 4.79 Å². The van der Waals surface area contributed by atoms with Crippen LogP contribution in [0, 0.1) is 0 Å². The lowest BCUT2D eigenvalue weighted by Crippen LogP contribution is -2.44. The SMILES string of the molecule is Cn1ccc(NC(=O)N2CCC2)n1. The Hall–Kier alpha value is -1.52. The van der Waals surface area contributed by atoms with Gasteiger partial charge in [0, 0.05) is 32.4 Å². The number of carbonyl (C=O) groups is 1. The summed E-state index contributed by atoms with van der Waals surface area (Å²) in [5.74, 6) is 0.611. The zero-order chi connectivity index (χ0) is 9.26. The van der Waals surface area contributed by atoms with Gasteiger partial charge < -0.3 is 4.90 Å². The molecule has 0 aliphatic carbocycles. The van der Waals surface area contributed by atoms with Crippen molar-refractivity contribution >= 4 is 11.8 Å². The smallest absolute Gasteiger partial charge is 0.323 e. The number of rotatable bonds is 1. The number of hydrogen-bond acceptors (Lipinski definition) is 2. The van der Waals surface area contributed by atoms with E-state index in [1.54, 1.807) is 21.8 Å². The molecule has 2 heterocycles. The highest BCUT2D eigenvalue weighted by molar-refractivity contribution is 5.88. The molecule has 13 heavy (non-hydrogen) atoms. The Bertz CT molecular complexity index is 316. The first kappa shape index (κ1) is 8.10. The molecule has 0 bridgehead atoms. The summed E-state index contributed by atoms with van der Waals surface area (Å²) in [7, 11) is 1.82. The lowest BCUT2D eigenvalue weighted by atomic mass is 10.2. The van der Waals surface area contributed by atoms with Crippen LogP contribution in [0.4, 0.5) is 10.6 Å². The van der Waals surface area contributed by atoms with Crippen LogP contribution in [0.25, 0.3) is 0 Å². The molecule has 1 N–H and O–H groups in total. The number of nitrogens with zero attached hydrogens (tertiary/aromatic N) is 3. The van der Waals surface area contributed by atoms with Crippen molar-refractivity contribution in [1.29, 1.82) is 0 Å². The molecule has 0 spiro atoms. The summed E-state index contributed by atoms with van der Waals surface area (Å²) in [6.45, 7) is 1.72. The number of likely N-dealkylation sites (tertiary alicyclic amines) is 1. The molecule has 0 atom stereocenters. The molecule has 0 unspecified atom stereocenters. The second-order valence-electron chi connectivity index (χ2n) is 3.15. The van der Waals surface area contributed by atoms with Gasteiger partial charge in [-0.1, -0.05) is 0 Å². The van der Waals surface area contributed by atoms with Crippen LogP contribution < -0.4 is 5.32 Å². The van der Waals surface area contributed by atoms with E-state index < -0.39 is 0 Å². The first-order chi connectivity index (χ1) is 6.25. The van der Waals surface area contributed by atoms with Gasteiger partial charge in [0.15, 0.2) is 5.82 Å². The lowest BCUT2D eigenvalue weighted by molar-refractivity contribution is 0.181. The van der Waals surface area contributed by atoms with Gasteiger partial charge in [-0.15, -0.1) is 0 Å². The molecule has 0 radical (unpaired) electrons. The molecule has 2 rings (SSSR count). The quantitative estimate of drug-likeness (QED) is 0.690. The molecule has 1 aromatic rings. The fourth-order valence-electron chi connectivity index (χ4n) is 1.19. The molecule has 1 aliphatic rings. The number of aryl methyl sites for hydroxylation is 1. The molecule has 0 aromatic carbocycles. The highest BCUT2D eigenvalue weighted by Gasteiger charge is 2.20. The summed E-state index contributed by atoms with van der Waals surface area (Å²) in [5, 5.41) is 6.77. The Morgan fingerprint density at radius 3 is 2.85 bits per heavy atom. The van der Waals surface area contributed by atoms with Crippen LogP contribution in [0.15, 0.2) is 12.3 Å². The van der Waals surface area contributed by atoms with Gasteiger partial charge in [-0.2, -0.15) is 5.10 Å². The van der Waals surface area contributed by atoms with Crippen LogP contribution in [0.5, 0.6) is 0 Å². The average molecular weight is 180 g/mol. The predicted octanol–water partition coefficient (Wildman–Crippen LogP) is 0.658. The van der Waals surface area contributed by atoms with Crippen LogP contribution in [0.2, 0.25) is 0 Å². The molecule has 1 saturated heterocycles. The number of nitrogens with one attached hydrogen (secondary N) is 1. The fourth-order valence-corrected chi connectivity index (χ4v) is 1.19. The average Bonchev–Trinajstić information content (AvgIpc) is 2.31. The van der Waals surface area contributed by atoms with Gasteiger partial charge in [0.25, 0.3) is 0 Å². The number of anilines is 1. The largest absolute Gasteiger partial charge is 0.324 e. The summed E-state index contributed by atoms with van der Waals surface area (Å²) in [4.78, 5) is 13.1. The third-order valence-electron chi connectivity index (χ3n) is 2.09. The number of aromatic nitrogens is 2. The van der Waals surface area contributed by atoms with Gasteiger partial charge in [-0.3, -0.25) is 10.00 Å². The first-order valence-corrected chi connectivity index (χ1v) is 4.31. The summed E-state index contributed by atoms with van der Waals surface area (Å²) in [5.41, 5.74) is 0. The standard InChI is InChI=1S/C8H12N4O/c1-11-6-3-7(10-11)9-8(13)12-4-2-5-12/h3,6H,2,4-5H2,1H3,(H,9,10,13). The van der Waals surface area contributed by atoms with Gasteiger partial charge >= 0.3 is 6.03 Å². The Labute approximate surface area is 76.3 Å². The minimum atomic E-state index is -0.0510. The predicted molar refractivity (Wildman–Crippen MR) is 48.4 cm³/mol. The summed E-state index contributed by atoms with van der Waals surface area (Å²) in [6.07, 6.45) is 2.90. The van der Waals surface area contributed by atoms with Crippen molar-refractivity contribution in [2.24, 2.45) is 7.05 Å². The highest BCUT2D eigenvalue weighted by Crippen LogP contribution is 2.09. The minimum Gasteiger partial charge on any atom is -0.324 e. The molecular formula is C8H12N4O. The summed E-state index contributed by atoms with van der Waals surface area (Å²) < 4.78 is 1.66. The Kier molecular flexibility index (Phi) is 1.92. The zero-order valence-electron chi connectivity index (χ0n) is 7.53. The van der Waals surface area contributed by atoms with Gasteiger partial charge in [-0.05, 0) is 6.42 Å². The van der Waals surface area contributed by atoms with Crippen molar-refractivity contribution in [3.8, 4) is 0 Å². The van der Waals surface area contributed by atoms with Crippen molar-refractivity contribution in [3.63, 3.8) is 0 Å². The van der Waals surface area contributed by atoms with E-state index in [2.05, 4.69) is 10.4 Å². The third kappa shape index (κ3) is 1.63. The molecule has 70 valence electrons. The maximum atomic E-state index is 11.4. The van der Waals surface area contributed by atoms with Gasteiger partial charge in [0.05, 0.1) is 0 Å². The van der Waals surface area contributed by atoms with Crippen LogP contribution in [-0.4, -0.2) is 33.8 Å². The zero-order valence-corrected chi connectivity index (χ0v) is 7.53. The molecule has 5 nitrogen and oxygen atoms in total. The second kappa shape index (κ2) is 3.08. The number of amides is 2. The third-order valence-corrected chi connectivity index (χ3v) is 2.09. The van der Waals surface area contributed by atoms with E-state index in [1.165, 1.54) is 0 Å². The fraction of sp³-hybridized carbons (Fsp3) is 0.500. The molecule has 1 aliphatic heterocycles. The van der Waals surface area contributed by atoms with Crippen molar-refractivity contribution < 1.29 is 4.79 Å². The van der Waals surface area contributed by atoms with E-state index in [0.717, 1.165) is 19.5 Å². The number of carbonyl (C=O) groups excluding carboxylic acids is 1. The Morgan fingerprint density at radius 2 is 2.38 bits per heavy atom. The second-order valence-corrected chi connectivity index (χ2v) is 3.15. The maximum Gasteiger partial charge on any atom is 0.323 e. The molecule has 1 aromatic heterocycles. The highest BCUT2D eigenvalue weighted by atomic mass is 16.2. The first-order valence-electron chi connectivity index (χ1n) is 4.31. The minimum absolute atomic E-state index is 0.0510. The van der Waals surface area contributed by atoms with Crippen molar-refractivity contribution in [3.05, 3.63) is 12.3 Å². The van der Waals surface area contributed by atoms with Gasteiger partial charge in [0.2, 0.25) is 0 Å². The van der Waals surface area contributed by atoms with E-state index in [1.807, 2.05) is 7.05 Å². The van der Waals surface area contributed by atoms with Crippen LogP contribution in [0.3, 0.4) is 0 Å². The van der Waals surface area contributed by atoms with Crippen molar-refractivity contribution in [1.82, 2.24) is 14.7 Å². The number of hydrogen-bond donors (Lipinski definition) is 1. The van der Waals surface area contributed by atoms with Gasteiger partial charge in [-0.25, -0.2) is 4.79 Å². The normalized spacial score (nSPS) is 15.3. The molecule has 0 saturated carbocycles. The van der Waals surface area contributed by atoms with Crippen molar-refractivity contribution in [2.75, 3.05) is 18.4 Å². The molecular weight excluding hydrogens is 168 g/mol. The molecule has 2 amide bonds. The molecule has 5 heteroatoms. The topological polar surface area (TPSA) is 50.2 Å². The Balaban J connectivity index is 1.93. The van der Waals surface area contributed by atoms with E-state index in [0.29, 0.717) is 5.82 Å². The monoisotopic (exact) mass is 180 g/mol. The van der Waals surface area contributed by atoms with Crippen LogP contribution in [-0.2, 0) is 7.05 Å². The van der Waals surface area contributed by atoms with E-state index >= 15 is 0 Å². The maximum absolute atomic E-state index is 11.4. The molecule has 1 fully saturated rings. The summed E-state index contributed by atoms with van der Waals surface area (Å²) >= 11 is 0. The van der Waals surface area contributed by atoms with Crippen molar-refractivity contribution in [2.45, 2.75) is 6.42 Å². The van der Waals surface area contributed by atoms with Crippen LogP contribution in [0.1, 0.15) is 6.42 Å². The summed E-state index contributed by atoms with van der Waals surface area (Å²) in [6, 6.07) is 1.72. The van der Waals surface area contributed by atoms with E-state index in [-0.39, 0.29) is 6.03 Å². The van der Waals surface area contributed by atoms with Crippen LogP contribution >= 0.6 is 0 Å². The van der Waals surface area contributed by atoms with Gasteiger partial charge in [0.1, 0.15) is 0 Å². The number of urea groups is 1. The van der Waals surface area contributed by atoms with E-state index in [4.69, 9.17) is 0 Å².